The van der Waals surface area contributed by atoms with Crippen molar-refractivity contribution in [3.05, 3.63) is 33.9 Å². The molecule has 0 heterocycles. The lowest BCUT2D eigenvalue weighted by Gasteiger charge is -2.12. The van der Waals surface area contributed by atoms with Crippen molar-refractivity contribution >= 4 is 17.3 Å². The highest BCUT2D eigenvalue weighted by Crippen LogP contribution is 2.33. The largest absolute Gasteiger partial charge is 0.398 e. The molecule has 0 aliphatic rings. The van der Waals surface area contributed by atoms with Crippen molar-refractivity contribution in [1.29, 1.82) is 0 Å². The fraction of sp³-hybridized carbons (Fsp3) is 0.300. The van der Waals surface area contributed by atoms with Crippen molar-refractivity contribution in [2.75, 3.05) is 5.73 Å². The third kappa shape index (κ3) is 2.47. The number of amides is 1. The van der Waals surface area contributed by atoms with Gasteiger partial charge >= 0.3 is 0 Å². The summed E-state index contributed by atoms with van der Waals surface area (Å²) in [6, 6.07) is 4.44. The minimum absolute atomic E-state index is 0.0368. The Morgan fingerprint density at radius 3 is 2.69 bits per heavy atom. The van der Waals surface area contributed by atoms with Gasteiger partial charge in [-0.15, -0.1) is 0 Å². The van der Waals surface area contributed by atoms with Gasteiger partial charge in [0.1, 0.15) is 0 Å². The van der Waals surface area contributed by atoms with Crippen LogP contribution in [0.5, 0.6) is 0 Å². The zero-order chi connectivity index (χ0) is 12.3. The van der Waals surface area contributed by atoms with Crippen LogP contribution in [0.15, 0.2) is 18.2 Å². The highest BCUT2D eigenvalue weighted by molar-refractivity contribution is 5.75. The maximum atomic E-state index is 10.8. The number of nitro groups is 1. The Morgan fingerprint density at radius 1 is 1.56 bits per heavy atom. The van der Waals surface area contributed by atoms with Crippen LogP contribution in [0.1, 0.15) is 24.8 Å². The molecular weight excluding hydrogens is 210 g/mol. The summed E-state index contributed by atoms with van der Waals surface area (Å²) in [6.45, 7) is 1.68. The third-order valence-electron chi connectivity index (χ3n) is 2.31. The molecule has 6 nitrogen and oxygen atoms in total. The highest BCUT2D eigenvalue weighted by atomic mass is 16.6. The maximum Gasteiger partial charge on any atom is 0.274 e. The molecule has 0 bridgehead atoms. The Morgan fingerprint density at radius 2 is 2.19 bits per heavy atom. The first-order valence-electron chi connectivity index (χ1n) is 4.74. The molecule has 0 saturated carbocycles. The molecule has 1 rings (SSSR count). The Labute approximate surface area is 92.4 Å². The fourth-order valence-corrected chi connectivity index (χ4v) is 1.67. The minimum atomic E-state index is -0.511. The molecule has 0 saturated heterocycles. The van der Waals surface area contributed by atoms with Crippen LogP contribution in [0, 0.1) is 10.1 Å². The van der Waals surface area contributed by atoms with Crippen LogP contribution < -0.4 is 11.5 Å². The van der Waals surface area contributed by atoms with Gasteiger partial charge in [0.25, 0.3) is 5.69 Å². The summed E-state index contributed by atoms with van der Waals surface area (Å²) in [7, 11) is 0. The molecule has 1 aromatic carbocycles. The summed E-state index contributed by atoms with van der Waals surface area (Å²) in [5.41, 5.74) is 11.3. The van der Waals surface area contributed by atoms with Crippen LogP contribution in [0.4, 0.5) is 11.4 Å². The van der Waals surface area contributed by atoms with Crippen LogP contribution in [-0.4, -0.2) is 10.8 Å². The van der Waals surface area contributed by atoms with Crippen LogP contribution in [0.2, 0.25) is 0 Å². The summed E-state index contributed by atoms with van der Waals surface area (Å²) < 4.78 is 0. The quantitative estimate of drug-likeness (QED) is 0.453. The highest BCUT2D eigenvalue weighted by Gasteiger charge is 2.22. The molecule has 0 radical (unpaired) electrons. The number of rotatable bonds is 4. The van der Waals surface area contributed by atoms with E-state index in [1.54, 1.807) is 13.0 Å². The molecule has 0 aliphatic heterocycles. The summed E-state index contributed by atoms with van der Waals surface area (Å²) >= 11 is 0. The van der Waals surface area contributed by atoms with Crippen molar-refractivity contribution < 1.29 is 9.72 Å². The maximum absolute atomic E-state index is 10.8. The molecule has 16 heavy (non-hydrogen) atoms. The molecule has 0 aliphatic carbocycles. The van der Waals surface area contributed by atoms with Gasteiger partial charge in [-0.3, -0.25) is 14.9 Å². The normalized spacial score (nSPS) is 12.1. The van der Waals surface area contributed by atoms with E-state index >= 15 is 0 Å². The molecule has 86 valence electrons. The van der Waals surface area contributed by atoms with Crippen LogP contribution >= 0.6 is 0 Å². The number of hydrogen-bond donors (Lipinski definition) is 2. The van der Waals surface area contributed by atoms with Gasteiger partial charge in [0.15, 0.2) is 0 Å². The lowest BCUT2D eigenvalue weighted by atomic mass is 9.94. The number of hydrogen-bond acceptors (Lipinski definition) is 4. The first-order chi connectivity index (χ1) is 7.43. The topological polar surface area (TPSA) is 112 Å². The Balaban J connectivity index is 3.19. The van der Waals surface area contributed by atoms with Crippen molar-refractivity contribution in [3.8, 4) is 0 Å². The average molecular weight is 223 g/mol. The van der Waals surface area contributed by atoms with E-state index in [4.69, 9.17) is 11.5 Å². The zero-order valence-electron chi connectivity index (χ0n) is 8.84. The Hall–Kier alpha value is -2.11. The van der Waals surface area contributed by atoms with E-state index in [1.165, 1.54) is 12.1 Å². The van der Waals surface area contributed by atoms with E-state index in [1.807, 2.05) is 0 Å². The van der Waals surface area contributed by atoms with Gasteiger partial charge in [0.05, 0.1) is 10.5 Å². The summed E-state index contributed by atoms with van der Waals surface area (Å²) in [5, 5.41) is 10.8. The number of benzene rings is 1. The number of nitrogens with zero attached hydrogens (tertiary/aromatic N) is 1. The first kappa shape index (κ1) is 12.0. The van der Waals surface area contributed by atoms with Crippen molar-refractivity contribution in [2.45, 2.75) is 19.3 Å². The van der Waals surface area contributed by atoms with E-state index in [-0.39, 0.29) is 18.0 Å². The SMILES string of the molecule is CC(CC(N)=O)c1c(N)cccc1[N+](=O)[O-]. The minimum Gasteiger partial charge on any atom is -0.398 e. The number of nitrogens with two attached hydrogens (primary N) is 2. The van der Waals surface area contributed by atoms with Gasteiger partial charge in [-0.2, -0.15) is 0 Å². The molecule has 0 fully saturated rings. The van der Waals surface area contributed by atoms with Gasteiger partial charge < -0.3 is 11.5 Å². The standard InChI is InChI=1S/C10H13N3O3/c1-6(5-9(12)14)10-7(11)3-2-4-8(10)13(15)16/h2-4,6H,5,11H2,1H3,(H2,12,14). The molecule has 1 amide bonds. The third-order valence-corrected chi connectivity index (χ3v) is 2.31. The van der Waals surface area contributed by atoms with Gasteiger partial charge in [-0.1, -0.05) is 13.0 Å². The van der Waals surface area contributed by atoms with E-state index in [0.29, 0.717) is 11.3 Å². The van der Waals surface area contributed by atoms with Crippen LogP contribution in [0.3, 0.4) is 0 Å². The van der Waals surface area contributed by atoms with Crippen LogP contribution in [0.25, 0.3) is 0 Å². The number of primary amides is 1. The molecule has 0 spiro atoms. The predicted molar refractivity (Wildman–Crippen MR) is 59.7 cm³/mol. The first-order valence-corrected chi connectivity index (χ1v) is 4.74. The second kappa shape index (κ2) is 4.61. The molecule has 1 aromatic rings. The van der Waals surface area contributed by atoms with Crippen molar-refractivity contribution in [1.82, 2.24) is 0 Å². The number of nitro benzene ring substituents is 1. The second-order valence-corrected chi connectivity index (χ2v) is 3.61. The van der Waals surface area contributed by atoms with Gasteiger partial charge in [0.2, 0.25) is 5.91 Å². The van der Waals surface area contributed by atoms with Gasteiger partial charge in [0, 0.05) is 18.2 Å². The van der Waals surface area contributed by atoms with Crippen molar-refractivity contribution in [2.24, 2.45) is 5.73 Å². The Bertz CT molecular complexity index is 431. The number of anilines is 1. The summed E-state index contributed by atoms with van der Waals surface area (Å²) in [4.78, 5) is 21.1. The molecule has 1 unspecified atom stereocenters. The predicted octanol–water partition coefficient (Wildman–Crippen LogP) is 1.16. The number of carbonyl (C=O) groups excluding carboxylic acids is 1. The molecule has 6 heteroatoms. The summed E-state index contributed by atoms with van der Waals surface area (Å²) in [6.07, 6.45) is 0.0368. The molecule has 1 atom stereocenters. The smallest absolute Gasteiger partial charge is 0.274 e. The average Bonchev–Trinajstić information content (AvgIpc) is 2.15. The van der Waals surface area contributed by atoms with Gasteiger partial charge in [-0.05, 0) is 12.0 Å². The van der Waals surface area contributed by atoms with E-state index in [9.17, 15) is 14.9 Å². The zero-order valence-corrected chi connectivity index (χ0v) is 8.84. The summed E-state index contributed by atoms with van der Waals surface area (Å²) in [5.74, 6) is -0.871. The van der Waals surface area contributed by atoms with Crippen LogP contribution in [-0.2, 0) is 4.79 Å². The monoisotopic (exact) mass is 223 g/mol. The van der Waals surface area contributed by atoms with E-state index in [2.05, 4.69) is 0 Å². The number of nitrogen functional groups attached to an aromatic ring is 1. The fourth-order valence-electron chi connectivity index (χ4n) is 1.67. The molecule has 0 aromatic heterocycles. The lowest BCUT2D eigenvalue weighted by Crippen LogP contribution is -2.15. The van der Waals surface area contributed by atoms with E-state index < -0.39 is 10.8 Å². The molecular formula is C10H13N3O3. The number of carbonyl (C=O) groups is 1. The molecule has 4 N–H and O–H groups in total. The second-order valence-electron chi connectivity index (χ2n) is 3.61. The van der Waals surface area contributed by atoms with Gasteiger partial charge in [-0.25, -0.2) is 0 Å². The van der Waals surface area contributed by atoms with Crippen molar-refractivity contribution in [3.63, 3.8) is 0 Å². The van der Waals surface area contributed by atoms with E-state index in [0.717, 1.165) is 0 Å². The Kier molecular flexibility index (Phi) is 3.44. The lowest BCUT2D eigenvalue weighted by molar-refractivity contribution is -0.385.